The molecule has 0 aromatic carbocycles. The predicted octanol–water partition coefficient (Wildman–Crippen LogP) is 1.50. The Morgan fingerprint density at radius 2 is 1.76 bits per heavy atom. The summed E-state index contributed by atoms with van der Waals surface area (Å²) in [5.41, 5.74) is 1.24. The third kappa shape index (κ3) is 3.31. The van der Waals surface area contributed by atoms with Gasteiger partial charge in [-0.25, -0.2) is 13.6 Å². The molecular formula is C15H26N2O3S. The van der Waals surface area contributed by atoms with Gasteiger partial charge in [0, 0.05) is 13.1 Å². The van der Waals surface area contributed by atoms with Crippen LogP contribution in [0.3, 0.4) is 0 Å². The van der Waals surface area contributed by atoms with Crippen LogP contribution in [0.2, 0.25) is 0 Å². The van der Waals surface area contributed by atoms with Crippen molar-refractivity contribution in [1.29, 1.82) is 0 Å². The molecular weight excluding hydrogens is 288 g/mol. The first-order valence-electron chi connectivity index (χ1n) is 7.50. The minimum absolute atomic E-state index is 0.00510. The van der Waals surface area contributed by atoms with Gasteiger partial charge in [-0.1, -0.05) is 25.5 Å². The molecule has 0 radical (unpaired) electrons. The molecule has 1 heterocycles. The Labute approximate surface area is 127 Å². The van der Waals surface area contributed by atoms with Gasteiger partial charge >= 0.3 is 0 Å². The van der Waals surface area contributed by atoms with Gasteiger partial charge in [-0.15, -0.1) is 0 Å². The Morgan fingerprint density at radius 3 is 2.19 bits per heavy atom. The molecule has 2 atom stereocenters. The molecule has 1 amide bonds. The van der Waals surface area contributed by atoms with Crippen LogP contribution in [0.5, 0.6) is 0 Å². The van der Waals surface area contributed by atoms with Crippen molar-refractivity contribution in [2.24, 2.45) is 22.4 Å². The second kappa shape index (κ2) is 5.39. The number of carbonyl (C=O) groups is 1. The lowest BCUT2D eigenvalue weighted by Gasteiger charge is -2.31. The highest BCUT2D eigenvalue weighted by molar-refractivity contribution is 7.89. The Morgan fingerprint density at radius 1 is 1.24 bits per heavy atom. The zero-order valence-corrected chi connectivity index (χ0v) is 14.1. The molecule has 1 saturated carbocycles. The number of nitrogens with zero attached hydrogens (tertiary/aromatic N) is 1. The van der Waals surface area contributed by atoms with Crippen molar-refractivity contribution in [3.63, 3.8) is 0 Å². The zero-order chi connectivity index (χ0) is 16.0. The van der Waals surface area contributed by atoms with E-state index in [0.29, 0.717) is 31.8 Å². The minimum atomic E-state index is -3.48. The Balaban J connectivity index is 1.99. The highest BCUT2D eigenvalue weighted by Gasteiger charge is 2.61. The molecule has 2 unspecified atom stereocenters. The van der Waals surface area contributed by atoms with Crippen molar-refractivity contribution in [3.8, 4) is 0 Å². The maximum absolute atomic E-state index is 12.6. The first kappa shape index (κ1) is 16.5. The van der Waals surface area contributed by atoms with Gasteiger partial charge in [-0.05, 0) is 38.0 Å². The Kier molecular flexibility index (Phi) is 4.23. The van der Waals surface area contributed by atoms with Gasteiger partial charge in [-0.3, -0.25) is 4.79 Å². The number of carbonyl (C=O) groups excluding carboxylic acids is 1. The van der Waals surface area contributed by atoms with E-state index in [0.717, 1.165) is 0 Å². The number of hydrogen-bond donors (Lipinski definition) is 1. The summed E-state index contributed by atoms with van der Waals surface area (Å²) in [7, 11) is -3.48. The molecule has 1 saturated heterocycles. The molecule has 120 valence electrons. The van der Waals surface area contributed by atoms with Gasteiger partial charge in [0.05, 0.1) is 11.2 Å². The molecule has 2 fully saturated rings. The maximum Gasteiger partial charge on any atom is 0.226 e. The molecule has 1 aliphatic heterocycles. The van der Waals surface area contributed by atoms with Gasteiger partial charge in [0.25, 0.3) is 0 Å². The molecule has 0 aromatic heterocycles. The molecule has 2 rings (SSSR count). The molecule has 0 aromatic rings. The van der Waals surface area contributed by atoms with E-state index in [-0.39, 0.29) is 17.2 Å². The smallest absolute Gasteiger partial charge is 0.226 e. The van der Waals surface area contributed by atoms with Crippen molar-refractivity contribution in [1.82, 2.24) is 4.90 Å². The van der Waals surface area contributed by atoms with Crippen LogP contribution < -0.4 is 5.14 Å². The second-order valence-electron chi connectivity index (χ2n) is 7.18. The number of nitrogens with two attached hydrogens (primary N) is 1. The van der Waals surface area contributed by atoms with Crippen LogP contribution in [0.25, 0.3) is 0 Å². The number of amides is 1. The van der Waals surface area contributed by atoms with E-state index in [1.54, 1.807) is 0 Å². The molecule has 0 spiro atoms. The van der Waals surface area contributed by atoms with Gasteiger partial charge < -0.3 is 4.90 Å². The average molecular weight is 314 g/mol. The predicted molar refractivity (Wildman–Crippen MR) is 82.9 cm³/mol. The van der Waals surface area contributed by atoms with E-state index in [1.165, 1.54) is 5.57 Å². The lowest BCUT2D eigenvalue weighted by Crippen LogP contribution is -2.45. The summed E-state index contributed by atoms with van der Waals surface area (Å²) < 4.78 is 22.7. The third-order valence-corrected chi connectivity index (χ3v) is 6.31. The largest absolute Gasteiger partial charge is 0.342 e. The van der Waals surface area contributed by atoms with Crippen LogP contribution in [0.1, 0.15) is 40.5 Å². The van der Waals surface area contributed by atoms with E-state index in [4.69, 9.17) is 5.14 Å². The van der Waals surface area contributed by atoms with Crippen LogP contribution in [0.4, 0.5) is 0 Å². The summed E-state index contributed by atoms with van der Waals surface area (Å²) in [6.07, 6.45) is 3.08. The zero-order valence-electron chi connectivity index (χ0n) is 13.3. The highest BCUT2D eigenvalue weighted by Crippen LogP contribution is 2.60. The second-order valence-corrected chi connectivity index (χ2v) is 9.03. The van der Waals surface area contributed by atoms with Gasteiger partial charge in [0.2, 0.25) is 15.9 Å². The minimum Gasteiger partial charge on any atom is -0.342 e. The van der Waals surface area contributed by atoms with Crippen LogP contribution in [0, 0.1) is 17.3 Å². The standard InChI is InChI=1S/C15H26N2O3S/c1-10(2)9-12-13(15(12,3)4)14(18)17-7-5-11(6-8-17)21(16,19)20/h9,11-13H,5-8H2,1-4H3,(H2,16,19,20). The number of primary sulfonamides is 1. The fourth-order valence-electron chi connectivity index (χ4n) is 3.42. The lowest BCUT2D eigenvalue weighted by molar-refractivity contribution is -0.134. The summed E-state index contributed by atoms with van der Waals surface area (Å²) in [5.74, 6) is 0.486. The summed E-state index contributed by atoms with van der Waals surface area (Å²) in [5, 5.41) is 4.69. The number of sulfonamides is 1. The van der Waals surface area contributed by atoms with Crippen LogP contribution in [0.15, 0.2) is 11.6 Å². The number of allylic oxidation sites excluding steroid dienone is 2. The van der Waals surface area contributed by atoms with Crippen LogP contribution in [-0.4, -0.2) is 37.6 Å². The van der Waals surface area contributed by atoms with Gasteiger partial charge in [-0.2, -0.15) is 0 Å². The molecule has 6 heteroatoms. The SMILES string of the molecule is CC(C)=CC1C(C(=O)N2CCC(S(N)(=O)=O)CC2)C1(C)C. The van der Waals surface area contributed by atoms with Crippen LogP contribution in [-0.2, 0) is 14.8 Å². The summed E-state index contributed by atoms with van der Waals surface area (Å²) in [4.78, 5) is 14.5. The van der Waals surface area contributed by atoms with Gasteiger partial charge in [0.1, 0.15) is 0 Å². The van der Waals surface area contributed by atoms with E-state index in [2.05, 4.69) is 19.9 Å². The third-order valence-electron chi connectivity index (χ3n) is 4.91. The average Bonchev–Trinajstić information content (AvgIpc) is 2.88. The molecule has 2 aliphatic rings. The first-order chi connectivity index (χ1) is 9.55. The monoisotopic (exact) mass is 314 g/mol. The normalized spacial score (nSPS) is 29.1. The molecule has 2 N–H and O–H groups in total. The van der Waals surface area contributed by atoms with E-state index in [1.807, 2.05) is 18.7 Å². The fraction of sp³-hybridized carbons (Fsp3) is 0.800. The first-order valence-corrected chi connectivity index (χ1v) is 9.11. The summed E-state index contributed by atoms with van der Waals surface area (Å²) in [6, 6.07) is 0. The topological polar surface area (TPSA) is 80.5 Å². The van der Waals surface area contributed by atoms with E-state index < -0.39 is 15.3 Å². The quantitative estimate of drug-likeness (QED) is 0.802. The fourth-order valence-corrected chi connectivity index (χ4v) is 4.29. The number of rotatable bonds is 3. The molecule has 1 aliphatic carbocycles. The van der Waals surface area contributed by atoms with Crippen LogP contribution >= 0.6 is 0 Å². The van der Waals surface area contributed by atoms with E-state index >= 15 is 0 Å². The van der Waals surface area contributed by atoms with Crippen molar-refractivity contribution in [2.45, 2.75) is 45.8 Å². The van der Waals surface area contributed by atoms with Crippen molar-refractivity contribution >= 4 is 15.9 Å². The Hall–Kier alpha value is -0.880. The van der Waals surface area contributed by atoms with Crippen molar-refractivity contribution in [3.05, 3.63) is 11.6 Å². The summed E-state index contributed by atoms with van der Waals surface area (Å²) in [6.45, 7) is 9.33. The number of piperidine rings is 1. The van der Waals surface area contributed by atoms with E-state index in [9.17, 15) is 13.2 Å². The lowest BCUT2D eigenvalue weighted by atomic mass is 10.1. The number of likely N-dealkylation sites (tertiary alicyclic amines) is 1. The van der Waals surface area contributed by atoms with Crippen molar-refractivity contribution < 1.29 is 13.2 Å². The molecule has 21 heavy (non-hydrogen) atoms. The highest BCUT2D eigenvalue weighted by atomic mass is 32.2. The maximum atomic E-state index is 12.6. The molecule has 5 nitrogen and oxygen atoms in total. The Bertz CT molecular complexity index is 553. The molecule has 0 bridgehead atoms. The summed E-state index contributed by atoms with van der Waals surface area (Å²) >= 11 is 0. The number of hydrogen-bond acceptors (Lipinski definition) is 3. The van der Waals surface area contributed by atoms with Crippen molar-refractivity contribution in [2.75, 3.05) is 13.1 Å². The van der Waals surface area contributed by atoms with Gasteiger partial charge in [0.15, 0.2) is 0 Å².